The van der Waals surface area contributed by atoms with Crippen LogP contribution in [0.15, 0.2) is 54.6 Å². The van der Waals surface area contributed by atoms with Crippen LogP contribution in [-0.2, 0) is 11.2 Å². The van der Waals surface area contributed by atoms with Gasteiger partial charge in [-0.05, 0) is 38.1 Å². The minimum absolute atomic E-state index is 0.0827. The summed E-state index contributed by atoms with van der Waals surface area (Å²) >= 11 is 0. The number of amides is 1. The molecule has 160 valence electrons. The summed E-state index contributed by atoms with van der Waals surface area (Å²) < 4.78 is 1.89. The van der Waals surface area contributed by atoms with Gasteiger partial charge in [0.2, 0.25) is 5.91 Å². The first-order valence-electron chi connectivity index (χ1n) is 10.3. The van der Waals surface area contributed by atoms with Gasteiger partial charge < -0.3 is 9.80 Å². The van der Waals surface area contributed by atoms with Gasteiger partial charge in [-0.25, -0.2) is 4.68 Å². The van der Waals surface area contributed by atoms with Crippen LogP contribution in [-0.4, -0.2) is 51.7 Å². The molecule has 0 radical (unpaired) electrons. The van der Waals surface area contributed by atoms with Crippen molar-refractivity contribution in [3.63, 3.8) is 0 Å². The van der Waals surface area contributed by atoms with Crippen LogP contribution in [0.5, 0.6) is 0 Å². The van der Waals surface area contributed by atoms with E-state index in [1.54, 1.807) is 12.1 Å². The van der Waals surface area contributed by atoms with Crippen LogP contribution in [0.1, 0.15) is 17.0 Å². The molecule has 0 unspecified atom stereocenters. The van der Waals surface area contributed by atoms with E-state index in [0.29, 0.717) is 32.6 Å². The first-order valence-corrected chi connectivity index (χ1v) is 10.3. The molecule has 8 heteroatoms. The van der Waals surface area contributed by atoms with Gasteiger partial charge in [0.1, 0.15) is 0 Å². The Balaban J connectivity index is 1.39. The van der Waals surface area contributed by atoms with Crippen molar-refractivity contribution in [1.29, 1.82) is 0 Å². The average Bonchev–Trinajstić information content (AvgIpc) is 3.08. The first-order chi connectivity index (χ1) is 14.9. The number of nitro groups is 1. The zero-order valence-electron chi connectivity index (χ0n) is 17.7. The van der Waals surface area contributed by atoms with Gasteiger partial charge in [-0.3, -0.25) is 14.9 Å². The van der Waals surface area contributed by atoms with Gasteiger partial charge in [0.15, 0.2) is 0 Å². The first kappa shape index (κ1) is 20.6. The highest BCUT2D eigenvalue weighted by molar-refractivity contribution is 5.79. The fourth-order valence-electron chi connectivity index (χ4n) is 4.01. The highest BCUT2D eigenvalue weighted by Crippen LogP contribution is 2.22. The van der Waals surface area contributed by atoms with Gasteiger partial charge in [-0.15, -0.1) is 0 Å². The zero-order chi connectivity index (χ0) is 22.0. The molecule has 2 aromatic carbocycles. The number of piperazine rings is 1. The second kappa shape index (κ2) is 8.59. The highest BCUT2D eigenvalue weighted by atomic mass is 16.6. The molecule has 0 atom stereocenters. The summed E-state index contributed by atoms with van der Waals surface area (Å²) in [4.78, 5) is 27.4. The topological polar surface area (TPSA) is 84.5 Å². The molecule has 2 heterocycles. The quantitative estimate of drug-likeness (QED) is 0.468. The molecule has 1 amide bonds. The normalized spacial score (nSPS) is 14.0. The number of hydrogen-bond donors (Lipinski definition) is 0. The highest BCUT2D eigenvalue weighted by Gasteiger charge is 2.24. The average molecular weight is 419 g/mol. The summed E-state index contributed by atoms with van der Waals surface area (Å²) in [5, 5.41) is 15.5. The monoisotopic (exact) mass is 419 g/mol. The fraction of sp³-hybridized carbons (Fsp3) is 0.304. The van der Waals surface area contributed by atoms with Crippen LogP contribution >= 0.6 is 0 Å². The molecule has 0 saturated carbocycles. The number of rotatable bonds is 5. The van der Waals surface area contributed by atoms with Gasteiger partial charge in [-0.1, -0.05) is 18.2 Å². The molecule has 4 rings (SSSR count). The third-order valence-electron chi connectivity index (χ3n) is 5.83. The van der Waals surface area contributed by atoms with Crippen molar-refractivity contribution in [2.75, 3.05) is 31.1 Å². The predicted octanol–water partition coefficient (Wildman–Crippen LogP) is 3.29. The van der Waals surface area contributed by atoms with Crippen LogP contribution in [0.25, 0.3) is 5.69 Å². The van der Waals surface area contributed by atoms with Gasteiger partial charge in [0.25, 0.3) is 5.69 Å². The van der Waals surface area contributed by atoms with E-state index in [4.69, 9.17) is 0 Å². The van der Waals surface area contributed by atoms with E-state index in [1.165, 1.54) is 12.1 Å². The molecule has 0 aliphatic carbocycles. The summed E-state index contributed by atoms with van der Waals surface area (Å²) in [6.07, 6.45) is 0.335. The van der Waals surface area contributed by atoms with E-state index in [9.17, 15) is 14.9 Å². The Morgan fingerprint density at radius 3 is 2.23 bits per heavy atom. The number of hydrogen-bond acceptors (Lipinski definition) is 5. The van der Waals surface area contributed by atoms with Crippen molar-refractivity contribution in [2.24, 2.45) is 0 Å². The van der Waals surface area contributed by atoms with Crippen molar-refractivity contribution >= 4 is 17.3 Å². The number of para-hydroxylation sites is 1. The van der Waals surface area contributed by atoms with Crippen molar-refractivity contribution in [1.82, 2.24) is 14.7 Å². The third kappa shape index (κ3) is 4.28. The Labute approximate surface area is 180 Å². The zero-order valence-corrected chi connectivity index (χ0v) is 17.7. The number of non-ortho nitro benzene ring substituents is 1. The second-order valence-corrected chi connectivity index (χ2v) is 7.71. The maximum absolute atomic E-state index is 13.0. The Morgan fingerprint density at radius 1 is 0.968 bits per heavy atom. The molecule has 3 aromatic rings. The second-order valence-electron chi connectivity index (χ2n) is 7.71. The largest absolute Gasteiger partial charge is 0.368 e. The molecule has 1 aliphatic rings. The molecule has 1 aromatic heterocycles. The number of carbonyl (C=O) groups excluding carboxylic acids is 1. The molecular formula is C23H25N5O3. The number of carbonyl (C=O) groups is 1. The number of aromatic nitrogens is 2. The minimum Gasteiger partial charge on any atom is -0.368 e. The lowest BCUT2D eigenvalue weighted by Crippen LogP contribution is -2.49. The summed E-state index contributed by atoms with van der Waals surface area (Å²) in [6.45, 7) is 6.60. The number of anilines is 1. The summed E-state index contributed by atoms with van der Waals surface area (Å²) in [5.74, 6) is 0.0992. The van der Waals surface area contributed by atoms with E-state index in [0.717, 1.165) is 28.3 Å². The molecule has 0 bridgehead atoms. The molecular weight excluding hydrogens is 394 g/mol. The Bertz CT molecular complexity index is 1080. The molecule has 1 saturated heterocycles. The molecule has 1 aliphatic heterocycles. The molecule has 0 spiro atoms. The predicted molar refractivity (Wildman–Crippen MR) is 119 cm³/mol. The Hall–Kier alpha value is -3.68. The Kier molecular flexibility index (Phi) is 5.70. The van der Waals surface area contributed by atoms with Crippen LogP contribution < -0.4 is 4.90 Å². The van der Waals surface area contributed by atoms with Crippen molar-refractivity contribution in [3.8, 4) is 5.69 Å². The molecule has 1 fully saturated rings. The standard InChI is InChI=1S/C23H25N5O3/c1-17-22(18(2)27(24-17)20-6-4-3-5-7-20)16-23(29)26-14-12-25(13-15-26)19-8-10-21(11-9-19)28(30)31/h3-11H,12-16H2,1-2H3. The van der Waals surface area contributed by atoms with E-state index in [-0.39, 0.29) is 11.6 Å². The fourth-order valence-corrected chi connectivity index (χ4v) is 4.01. The van der Waals surface area contributed by atoms with Crippen molar-refractivity contribution in [2.45, 2.75) is 20.3 Å². The summed E-state index contributed by atoms with van der Waals surface area (Å²) in [6, 6.07) is 16.5. The lowest BCUT2D eigenvalue weighted by atomic mass is 10.1. The van der Waals surface area contributed by atoms with Crippen LogP contribution in [0.3, 0.4) is 0 Å². The Morgan fingerprint density at radius 2 is 1.61 bits per heavy atom. The van der Waals surface area contributed by atoms with Crippen molar-refractivity contribution in [3.05, 3.63) is 81.7 Å². The van der Waals surface area contributed by atoms with Crippen LogP contribution in [0, 0.1) is 24.0 Å². The number of aryl methyl sites for hydroxylation is 1. The van der Waals surface area contributed by atoms with Gasteiger partial charge in [0, 0.05) is 55.3 Å². The lowest BCUT2D eigenvalue weighted by Gasteiger charge is -2.36. The molecule has 31 heavy (non-hydrogen) atoms. The maximum Gasteiger partial charge on any atom is 0.269 e. The maximum atomic E-state index is 13.0. The van der Waals surface area contributed by atoms with E-state index in [1.807, 2.05) is 53.8 Å². The van der Waals surface area contributed by atoms with E-state index in [2.05, 4.69) is 10.00 Å². The van der Waals surface area contributed by atoms with E-state index < -0.39 is 4.92 Å². The summed E-state index contributed by atoms with van der Waals surface area (Å²) in [5.41, 5.74) is 4.85. The van der Waals surface area contributed by atoms with Gasteiger partial charge in [-0.2, -0.15) is 5.10 Å². The van der Waals surface area contributed by atoms with Gasteiger partial charge in [0.05, 0.1) is 22.7 Å². The van der Waals surface area contributed by atoms with E-state index >= 15 is 0 Å². The molecule has 8 nitrogen and oxygen atoms in total. The van der Waals surface area contributed by atoms with Gasteiger partial charge >= 0.3 is 0 Å². The van der Waals surface area contributed by atoms with Crippen LogP contribution in [0.4, 0.5) is 11.4 Å². The summed E-state index contributed by atoms with van der Waals surface area (Å²) in [7, 11) is 0. The minimum atomic E-state index is -0.399. The third-order valence-corrected chi connectivity index (χ3v) is 5.83. The number of nitrogens with zero attached hydrogens (tertiary/aromatic N) is 5. The molecule has 0 N–H and O–H groups in total. The smallest absolute Gasteiger partial charge is 0.269 e. The SMILES string of the molecule is Cc1nn(-c2ccccc2)c(C)c1CC(=O)N1CCN(c2ccc([N+](=O)[O-])cc2)CC1. The number of benzene rings is 2. The lowest BCUT2D eigenvalue weighted by molar-refractivity contribution is -0.384. The van der Waals surface area contributed by atoms with Crippen LogP contribution in [0.2, 0.25) is 0 Å². The number of nitro benzene ring substituents is 1. The van der Waals surface area contributed by atoms with Crippen molar-refractivity contribution < 1.29 is 9.72 Å².